The number of nitrogens with one attached hydrogen (secondary N) is 3. The number of imidazole rings is 1. The number of carbonyl (C=O) groups excluding carboxylic acids is 1. The van der Waals surface area contributed by atoms with E-state index in [1.54, 1.807) is 37.2 Å². The van der Waals surface area contributed by atoms with Crippen LogP contribution in [-0.2, 0) is 4.79 Å². The lowest BCUT2D eigenvalue weighted by atomic mass is 9.85. The largest absolute Gasteiger partial charge is 0.337 e. The van der Waals surface area contributed by atoms with Gasteiger partial charge in [0.2, 0.25) is 5.91 Å². The average molecular weight is 488 g/mol. The van der Waals surface area contributed by atoms with Crippen LogP contribution in [-0.4, -0.2) is 46.0 Å². The summed E-state index contributed by atoms with van der Waals surface area (Å²) in [7, 11) is 0. The van der Waals surface area contributed by atoms with Crippen molar-refractivity contribution in [3.63, 3.8) is 0 Å². The van der Waals surface area contributed by atoms with Crippen molar-refractivity contribution in [1.82, 2.24) is 40.1 Å². The number of H-pyrrole nitrogens is 2. The molecule has 1 amide bonds. The molecule has 6 aromatic rings. The van der Waals surface area contributed by atoms with Crippen molar-refractivity contribution in [1.29, 1.82) is 0 Å². The zero-order valence-corrected chi connectivity index (χ0v) is 19.6. The van der Waals surface area contributed by atoms with Gasteiger partial charge in [0.05, 0.1) is 28.5 Å². The molecule has 6 aromatic heterocycles. The van der Waals surface area contributed by atoms with Crippen LogP contribution in [0.1, 0.15) is 19.3 Å². The predicted molar refractivity (Wildman–Crippen MR) is 139 cm³/mol. The number of amides is 1. The second-order valence-corrected chi connectivity index (χ2v) is 9.15. The van der Waals surface area contributed by atoms with Crippen molar-refractivity contribution >= 4 is 33.7 Å². The highest BCUT2D eigenvalue weighted by molar-refractivity contribution is 5.97. The Morgan fingerprint density at radius 2 is 1.78 bits per heavy atom. The minimum absolute atomic E-state index is 0.0569. The quantitative estimate of drug-likeness (QED) is 0.319. The molecule has 1 aliphatic rings. The molecular weight excluding hydrogens is 466 g/mol. The molecule has 0 bridgehead atoms. The number of nitrogens with zero attached hydrogens (tertiary/aromatic N) is 6. The zero-order chi connectivity index (χ0) is 24.8. The normalized spacial score (nSPS) is 13.6. The van der Waals surface area contributed by atoms with Gasteiger partial charge < -0.3 is 10.3 Å². The Hall–Kier alpha value is -4.99. The van der Waals surface area contributed by atoms with Crippen LogP contribution in [0, 0.1) is 5.92 Å². The van der Waals surface area contributed by atoms with E-state index in [2.05, 4.69) is 40.4 Å². The highest BCUT2D eigenvalue weighted by Crippen LogP contribution is 2.32. The van der Waals surface area contributed by atoms with Crippen molar-refractivity contribution in [3.8, 4) is 33.9 Å². The summed E-state index contributed by atoms with van der Waals surface area (Å²) in [4.78, 5) is 38.2. The van der Waals surface area contributed by atoms with Gasteiger partial charge >= 0.3 is 0 Å². The monoisotopic (exact) mass is 487 g/mol. The Bertz CT molecular complexity index is 1770. The molecule has 180 valence electrons. The first-order valence-electron chi connectivity index (χ1n) is 12.1. The van der Waals surface area contributed by atoms with E-state index in [0.717, 1.165) is 63.8 Å². The fraction of sp³-hybridized carbons (Fsp3) is 0.148. The van der Waals surface area contributed by atoms with Crippen LogP contribution in [0.4, 0.5) is 5.69 Å². The molecular formula is C27H21N9O. The average Bonchev–Trinajstić information content (AvgIpc) is 3.52. The first kappa shape index (κ1) is 21.3. The summed E-state index contributed by atoms with van der Waals surface area (Å²) in [5, 5.41) is 11.3. The number of anilines is 1. The van der Waals surface area contributed by atoms with E-state index in [0.29, 0.717) is 17.2 Å². The smallest absolute Gasteiger partial charge is 0.227 e. The highest BCUT2D eigenvalue weighted by Gasteiger charge is 2.25. The lowest BCUT2D eigenvalue weighted by molar-refractivity contribution is -0.122. The first-order valence-corrected chi connectivity index (χ1v) is 12.1. The Morgan fingerprint density at radius 3 is 2.62 bits per heavy atom. The summed E-state index contributed by atoms with van der Waals surface area (Å²) in [6.45, 7) is 0. The number of pyridine rings is 4. The SMILES string of the molecule is O=C(Nc1cncc(-c2cnc3n[nH]c(-c4nc5c(-c6ccncc6)nccc5[nH]4)c3c2)c1)C1CCC1. The molecule has 0 atom stereocenters. The standard InChI is InChI=1S/C27H21N9O/c37-27(16-2-1-3-16)32-19-10-17(12-29-14-19)18-11-20-23(35-36-25(20)31-13-18)26-33-21-6-9-30-22(24(21)34-26)15-4-7-28-8-5-15/h4-14,16H,1-3H2,(H,32,37)(H,33,34)(H,31,35,36). The van der Waals surface area contributed by atoms with E-state index < -0.39 is 0 Å². The van der Waals surface area contributed by atoms with Gasteiger partial charge in [-0.3, -0.25) is 24.8 Å². The molecule has 1 saturated carbocycles. The van der Waals surface area contributed by atoms with Crippen molar-refractivity contribution in [3.05, 3.63) is 67.5 Å². The fourth-order valence-corrected chi connectivity index (χ4v) is 4.59. The van der Waals surface area contributed by atoms with Crippen LogP contribution in [0.5, 0.6) is 0 Å². The minimum atomic E-state index is 0.0569. The lowest BCUT2D eigenvalue weighted by Crippen LogP contribution is -2.28. The fourth-order valence-electron chi connectivity index (χ4n) is 4.59. The number of aromatic amines is 2. The van der Waals surface area contributed by atoms with Crippen molar-refractivity contribution in [2.24, 2.45) is 5.92 Å². The van der Waals surface area contributed by atoms with E-state index in [1.807, 2.05) is 30.3 Å². The number of fused-ring (bicyclic) bond motifs is 2. The van der Waals surface area contributed by atoms with E-state index >= 15 is 0 Å². The predicted octanol–water partition coefficient (Wildman–Crippen LogP) is 4.76. The Labute approximate surface area is 210 Å². The molecule has 1 fully saturated rings. The summed E-state index contributed by atoms with van der Waals surface area (Å²) in [5.41, 5.74) is 7.02. The zero-order valence-electron chi connectivity index (χ0n) is 19.6. The minimum Gasteiger partial charge on any atom is -0.337 e. The second-order valence-electron chi connectivity index (χ2n) is 9.15. The molecule has 0 aliphatic heterocycles. The van der Waals surface area contributed by atoms with Gasteiger partial charge in [-0.1, -0.05) is 6.42 Å². The summed E-state index contributed by atoms with van der Waals surface area (Å²) in [5.74, 6) is 0.800. The van der Waals surface area contributed by atoms with Gasteiger partial charge in [-0.2, -0.15) is 5.10 Å². The molecule has 3 N–H and O–H groups in total. The molecule has 1 aliphatic carbocycles. The van der Waals surface area contributed by atoms with Crippen molar-refractivity contribution < 1.29 is 4.79 Å². The van der Waals surface area contributed by atoms with Crippen LogP contribution < -0.4 is 5.32 Å². The number of hydrogen-bond acceptors (Lipinski definition) is 7. The van der Waals surface area contributed by atoms with E-state index in [1.165, 1.54) is 0 Å². The number of rotatable bonds is 5. The van der Waals surface area contributed by atoms with Crippen LogP contribution in [0.25, 0.3) is 56.0 Å². The van der Waals surface area contributed by atoms with Gasteiger partial charge in [0.15, 0.2) is 11.5 Å². The van der Waals surface area contributed by atoms with E-state index in [4.69, 9.17) is 4.98 Å². The number of aromatic nitrogens is 8. The maximum atomic E-state index is 12.4. The van der Waals surface area contributed by atoms with Crippen LogP contribution in [0.3, 0.4) is 0 Å². The van der Waals surface area contributed by atoms with Gasteiger partial charge in [0.1, 0.15) is 11.2 Å². The summed E-state index contributed by atoms with van der Waals surface area (Å²) in [6, 6.07) is 9.64. The molecule has 10 heteroatoms. The van der Waals surface area contributed by atoms with Gasteiger partial charge in [-0.15, -0.1) is 0 Å². The topological polar surface area (TPSA) is 138 Å². The third-order valence-electron chi connectivity index (χ3n) is 6.82. The lowest BCUT2D eigenvalue weighted by Gasteiger charge is -2.24. The molecule has 0 radical (unpaired) electrons. The van der Waals surface area contributed by atoms with Crippen molar-refractivity contribution in [2.45, 2.75) is 19.3 Å². The van der Waals surface area contributed by atoms with Gasteiger partial charge in [0, 0.05) is 53.6 Å². The summed E-state index contributed by atoms with van der Waals surface area (Å²) >= 11 is 0. The van der Waals surface area contributed by atoms with Gasteiger partial charge in [-0.25, -0.2) is 9.97 Å². The number of hydrogen-bond donors (Lipinski definition) is 3. The molecule has 10 nitrogen and oxygen atoms in total. The molecule has 37 heavy (non-hydrogen) atoms. The second kappa shape index (κ2) is 8.59. The third-order valence-corrected chi connectivity index (χ3v) is 6.82. The molecule has 0 saturated heterocycles. The third kappa shape index (κ3) is 3.79. The summed E-state index contributed by atoms with van der Waals surface area (Å²) in [6.07, 6.45) is 13.4. The van der Waals surface area contributed by atoms with Crippen LogP contribution >= 0.6 is 0 Å². The first-order chi connectivity index (χ1) is 18.2. The Balaban J connectivity index is 1.26. The van der Waals surface area contributed by atoms with Gasteiger partial charge in [0.25, 0.3) is 0 Å². The molecule has 6 heterocycles. The molecule has 0 spiro atoms. The van der Waals surface area contributed by atoms with Crippen LogP contribution in [0.15, 0.2) is 67.5 Å². The number of carbonyl (C=O) groups is 1. The molecule has 0 aromatic carbocycles. The van der Waals surface area contributed by atoms with Gasteiger partial charge in [-0.05, 0) is 43.2 Å². The van der Waals surface area contributed by atoms with Crippen molar-refractivity contribution in [2.75, 3.05) is 5.32 Å². The summed E-state index contributed by atoms with van der Waals surface area (Å²) < 4.78 is 0. The Kier molecular flexibility index (Phi) is 4.95. The molecule has 7 rings (SSSR count). The van der Waals surface area contributed by atoms with E-state index in [-0.39, 0.29) is 11.8 Å². The Morgan fingerprint density at radius 1 is 0.919 bits per heavy atom. The van der Waals surface area contributed by atoms with Crippen LogP contribution in [0.2, 0.25) is 0 Å². The maximum absolute atomic E-state index is 12.4. The van der Waals surface area contributed by atoms with E-state index in [9.17, 15) is 4.79 Å². The highest BCUT2D eigenvalue weighted by atomic mass is 16.1. The maximum Gasteiger partial charge on any atom is 0.227 e. The molecule has 0 unspecified atom stereocenters.